The molecule has 3 heteroatoms. The van der Waals surface area contributed by atoms with Gasteiger partial charge in [0.15, 0.2) is 0 Å². The predicted octanol–water partition coefficient (Wildman–Crippen LogP) is 1.72. The van der Waals surface area contributed by atoms with E-state index < -0.39 is 5.97 Å². The van der Waals surface area contributed by atoms with E-state index in [1.165, 1.54) is 6.08 Å². The Bertz CT molecular complexity index is 221. The second-order valence-electron chi connectivity index (χ2n) is 4.17. The van der Waals surface area contributed by atoms with Gasteiger partial charge >= 0.3 is 5.97 Å². The van der Waals surface area contributed by atoms with E-state index in [1.807, 2.05) is 20.8 Å². The number of hydrogen-bond acceptors (Lipinski definition) is 3. The Morgan fingerprint density at radius 2 is 1.92 bits per heavy atom. The Morgan fingerprint density at radius 1 is 1.38 bits per heavy atom. The van der Waals surface area contributed by atoms with Gasteiger partial charge in [-0.2, -0.15) is 0 Å². The van der Waals surface area contributed by atoms with Gasteiger partial charge < -0.3 is 4.74 Å². The van der Waals surface area contributed by atoms with Crippen LogP contribution in [0.4, 0.5) is 0 Å². The first-order valence-electron chi connectivity index (χ1n) is 4.15. The summed E-state index contributed by atoms with van der Waals surface area (Å²) in [5, 5.41) is 0. The van der Waals surface area contributed by atoms with E-state index in [1.54, 1.807) is 6.92 Å². The zero-order chi connectivity index (χ0) is 10.5. The number of carbonyl (C=O) groups excluding carboxylic acids is 2. The summed E-state index contributed by atoms with van der Waals surface area (Å²) >= 11 is 0. The van der Waals surface area contributed by atoms with Crippen LogP contribution in [0.2, 0.25) is 0 Å². The topological polar surface area (TPSA) is 43.4 Å². The number of rotatable bonds is 3. The first-order valence-corrected chi connectivity index (χ1v) is 4.15. The zero-order valence-electron chi connectivity index (χ0n) is 8.59. The normalized spacial score (nSPS) is 12.5. The third-order valence-corrected chi connectivity index (χ3v) is 1.18. The number of esters is 1. The number of aldehydes is 1. The fourth-order valence-corrected chi connectivity index (χ4v) is 0.549. The molecule has 0 unspecified atom stereocenters. The van der Waals surface area contributed by atoms with E-state index in [0.29, 0.717) is 18.5 Å². The maximum Gasteiger partial charge on any atom is 0.331 e. The lowest BCUT2D eigenvalue weighted by Gasteiger charge is -2.16. The van der Waals surface area contributed by atoms with Crippen molar-refractivity contribution in [1.82, 2.24) is 0 Å². The molecule has 0 aromatic rings. The van der Waals surface area contributed by atoms with Crippen LogP contribution in [-0.2, 0) is 14.3 Å². The largest absolute Gasteiger partial charge is 0.462 e. The first kappa shape index (κ1) is 11.9. The van der Waals surface area contributed by atoms with Crippen LogP contribution in [0.1, 0.15) is 27.7 Å². The summed E-state index contributed by atoms with van der Waals surface area (Å²) in [5.74, 6) is -0.459. The highest BCUT2D eigenvalue weighted by Gasteiger charge is 2.12. The van der Waals surface area contributed by atoms with Crippen molar-refractivity contribution in [1.29, 1.82) is 0 Å². The standard InChI is InChI=1S/C10H16O3/c1-8(6-11)5-9(12)13-7-10(2,3)4/h5-6H,7H2,1-4H3/b8-5+. The Hall–Kier alpha value is -1.12. The fraction of sp³-hybridized carbons (Fsp3) is 0.600. The highest BCUT2D eigenvalue weighted by atomic mass is 16.5. The Balaban J connectivity index is 3.97. The van der Waals surface area contributed by atoms with Crippen LogP contribution >= 0.6 is 0 Å². The monoisotopic (exact) mass is 184 g/mol. The molecule has 13 heavy (non-hydrogen) atoms. The van der Waals surface area contributed by atoms with Crippen LogP contribution in [0.5, 0.6) is 0 Å². The maximum absolute atomic E-state index is 11.0. The predicted molar refractivity (Wildman–Crippen MR) is 50.2 cm³/mol. The van der Waals surface area contributed by atoms with Gasteiger partial charge in [-0.15, -0.1) is 0 Å². The minimum absolute atomic E-state index is 0.0431. The van der Waals surface area contributed by atoms with Gasteiger partial charge in [0.05, 0.1) is 6.61 Å². The summed E-state index contributed by atoms with van der Waals surface area (Å²) in [6, 6.07) is 0. The van der Waals surface area contributed by atoms with Crippen molar-refractivity contribution in [2.75, 3.05) is 6.61 Å². The van der Waals surface area contributed by atoms with Crippen LogP contribution in [0.15, 0.2) is 11.6 Å². The minimum atomic E-state index is -0.459. The molecule has 0 radical (unpaired) electrons. The lowest BCUT2D eigenvalue weighted by Crippen LogP contribution is -2.17. The molecule has 0 N–H and O–H groups in total. The van der Waals surface area contributed by atoms with Crippen LogP contribution in [0.25, 0.3) is 0 Å². The number of hydrogen-bond donors (Lipinski definition) is 0. The molecule has 0 bridgehead atoms. The van der Waals surface area contributed by atoms with E-state index in [4.69, 9.17) is 4.74 Å². The molecule has 0 saturated heterocycles. The third-order valence-electron chi connectivity index (χ3n) is 1.18. The van der Waals surface area contributed by atoms with Gasteiger partial charge in [0.2, 0.25) is 0 Å². The smallest absolute Gasteiger partial charge is 0.331 e. The molecular formula is C10H16O3. The van der Waals surface area contributed by atoms with E-state index >= 15 is 0 Å². The SMILES string of the molecule is C/C(C=O)=C\C(=O)OCC(C)(C)C. The molecule has 0 spiro atoms. The Morgan fingerprint density at radius 3 is 2.31 bits per heavy atom. The van der Waals surface area contributed by atoms with Crippen molar-refractivity contribution in [3.05, 3.63) is 11.6 Å². The van der Waals surface area contributed by atoms with Crippen molar-refractivity contribution in [2.45, 2.75) is 27.7 Å². The summed E-state index contributed by atoms with van der Waals surface area (Å²) in [6.07, 6.45) is 1.82. The van der Waals surface area contributed by atoms with Gasteiger partial charge in [-0.1, -0.05) is 20.8 Å². The van der Waals surface area contributed by atoms with Gasteiger partial charge in [0.1, 0.15) is 6.29 Å². The average Bonchev–Trinajstić information content (AvgIpc) is 1.99. The van der Waals surface area contributed by atoms with Crippen LogP contribution in [0, 0.1) is 5.41 Å². The molecule has 3 nitrogen and oxygen atoms in total. The van der Waals surface area contributed by atoms with Crippen molar-refractivity contribution in [3.63, 3.8) is 0 Å². The average molecular weight is 184 g/mol. The lowest BCUT2D eigenvalue weighted by atomic mass is 9.99. The van der Waals surface area contributed by atoms with E-state index in [2.05, 4.69) is 0 Å². The molecular weight excluding hydrogens is 168 g/mol. The molecule has 0 amide bonds. The van der Waals surface area contributed by atoms with Gasteiger partial charge in [0.25, 0.3) is 0 Å². The number of ether oxygens (including phenoxy) is 1. The highest BCUT2D eigenvalue weighted by Crippen LogP contribution is 2.12. The Kier molecular flexibility index (Phi) is 4.38. The molecule has 0 fully saturated rings. The molecule has 0 aromatic carbocycles. The molecule has 0 aromatic heterocycles. The van der Waals surface area contributed by atoms with Crippen LogP contribution in [-0.4, -0.2) is 18.9 Å². The molecule has 0 aliphatic rings. The molecule has 0 atom stereocenters. The van der Waals surface area contributed by atoms with E-state index in [-0.39, 0.29) is 5.41 Å². The Labute approximate surface area is 78.8 Å². The summed E-state index contributed by atoms with van der Waals surface area (Å²) in [4.78, 5) is 21.2. The molecule has 0 heterocycles. The second kappa shape index (κ2) is 4.80. The second-order valence-corrected chi connectivity index (χ2v) is 4.17. The first-order chi connectivity index (χ1) is 5.85. The number of allylic oxidation sites excluding steroid dienone is 1. The molecule has 0 aliphatic heterocycles. The summed E-state index contributed by atoms with van der Waals surface area (Å²) in [6.45, 7) is 7.82. The van der Waals surface area contributed by atoms with Gasteiger partial charge in [-0.3, -0.25) is 4.79 Å². The summed E-state index contributed by atoms with van der Waals surface area (Å²) in [5.41, 5.74) is 0.331. The lowest BCUT2D eigenvalue weighted by molar-refractivity contribution is -0.140. The number of carbonyl (C=O) groups is 2. The quantitative estimate of drug-likeness (QED) is 0.381. The summed E-state index contributed by atoms with van der Waals surface area (Å²) < 4.78 is 4.90. The van der Waals surface area contributed by atoms with Gasteiger partial charge in [-0.05, 0) is 17.9 Å². The van der Waals surface area contributed by atoms with Crippen molar-refractivity contribution >= 4 is 12.3 Å². The fourth-order valence-electron chi connectivity index (χ4n) is 0.549. The minimum Gasteiger partial charge on any atom is -0.462 e. The highest BCUT2D eigenvalue weighted by molar-refractivity contribution is 5.89. The molecule has 0 saturated carbocycles. The van der Waals surface area contributed by atoms with E-state index in [9.17, 15) is 9.59 Å². The summed E-state index contributed by atoms with van der Waals surface area (Å²) in [7, 11) is 0. The van der Waals surface area contributed by atoms with Crippen molar-refractivity contribution in [2.24, 2.45) is 5.41 Å². The van der Waals surface area contributed by atoms with E-state index in [0.717, 1.165) is 0 Å². The molecule has 74 valence electrons. The van der Waals surface area contributed by atoms with Crippen molar-refractivity contribution < 1.29 is 14.3 Å². The molecule has 0 rings (SSSR count). The molecule has 0 aliphatic carbocycles. The third kappa shape index (κ3) is 7.25. The van der Waals surface area contributed by atoms with Crippen molar-refractivity contribution in [3.8, 4) is 0 Å². The van der Waals surface area contributed by atoms with Crippen LogP contribution in [0.3, 0.4) is 0 Å². The maximum atomic E-state index is 11.0. The zero-order valence-corrected chi connectivity index (χ0v) is 8.59. The van der Waals surface area contributed by atoms with Gasteiger partial charge in [0, 0.05) is 6.08 Å². The van der Waals surface area contributed by atoms with Crippen LogP contribution < -0.4 is 0 Å². The van der Waals surface area contributed by atoms with Gasteiger partial charge in [-0.25, -0.2) is 4.79 Å².